The zero-order chi connectivity index (χ0) is 18.4. The molecule has 0 spiro atoms. The minimum atomic E-state index is -0.315. The number of nitrogens with one attached hydrogen (secondary N) is 1. The van der Waals surface area contributed by atoms with E-state index in [-0.39, 0.29) is 18.2 Å². The molecule has 1 heterocycles. The monoisotopic (exact) mass is 379 g/mol. The van der Waals surface area contributed by atoms with Crippen molar-refractivity contribution in [1.29, 1.82) is 0 Å². The predicted octanol–water partition coefficient (Wildman–Crippen LogP) is 3.16. The number of rotatable bonds is 7. The molecule has 0 aliphatic carbocycles. The Labute approximate surface area is 155 Å². The zero-order valence-corrected chi connectivity index (χ0v) is 16.5. The van der Waals surface area contributed by atoms with E-state index in [9.17, 15) is 4.79 Å². The number of ether oxygens (including phenoxy) is 1. The number of benzene rings is 1. The number of hydrogen-bond acceptors (Lipinski definition) is 7. The second-order valence-electron chi connectivity index (χ2n) is 5.24. The third-order valence-corrected chi connectivity index (χ3v) is 5.45. The first kappa shape index (κ1) is 19.3. The van der Waals surface area contributed by atoms with Gasteiger partial charge in [0.1, 0.15) is 13.7 Å². The van der Waals surface area contributed by atoms with Crippen molar-refractivity contribution in [2.24, 2.45) is 5.16 Å². The Bertz CT molecular complexity index is 787. The second kappa shape index (κ2) is 8.87. The fraction of sp³-hybridized carbons (Fsp3) is 0.353. The number of oxime groups is 1. The van der Waals surface area contributed by atoms with Crippen LogP contribution in [0.2, 0.25) is 0 Å². The maximum absolute atomic E-state index is 12.2. The van der Waals surface area contributed by atoms with Crippen LogP contribution in [-0.2, 0) is 16.2 Å². The summed E-state index contributed by atoms with van der Waals surface area (Å²) in [5, 5.41) is 8.36. The molecule has 0 saturated heterocycles. The summed E-state index contributed by atoms with van der Waals surface area (Å²) in [5.74, 6) is 0.258. The molecule has 1 amide bonds. The summed E-state index contributed by atoms with van der Waals surface area (Å²) < 4.78 is 6.76. The topological polar surface area (TPSA) is 72.8 Å². The van der Waals surface area contributed by atoms with E-state index < -0.39 is 0 Å². The first-order valence-corrected chi connectivity index (χ1v) is 9.66. The molecule has 25 heavy (non-hydrogen) atoms. The first-order chi connectivity index (χ1) is 12.0. The Morgan fingerprint density at radius 1 is 1.36 bits per heavy atom. The van der Waals surface area contributed by atoms with Crippen LogP contribution >= 0.6 is 23.1 Å². The molecule has 2 rings (SSSR count). The van der Waals surface area contributed by atoms with Gasteiger partial charge in [-0.25, -0.2) is 0 Å². The quantitative estimate of drug-likeness (QED) is 0.454. The van der Waals surface area contributed by atoms with E-state index in [4.69, 9.17) is 9.57 Å². The molecule has 6 nitrogen and oxygen atoms in total. The average Bonchev–Trinajstić information content (AvgIpc) is 3.08. The van der Waals surface area contributed by atoms with Crippen molar-refractivity contribution >= 4 is 34.7 Å². The molecule has 8 heteroatoms. The molecule has 0 fully saturated rings. The van der Waals surface area contributed by atoms with Crippen LogP contribution in [0, 0.1) is 13.8 Å². The number of aryl methyl sites for hydroxylation is 2. The summed E-state index contributed by atoms with van der Waals surface area (Å²) in [6, 6.07) is 3.93. The van der Waals surface area contributed by atoms with Gasteiger partial charge in [0.25, 0.3) is 5.91 Å². The Morgan fingerprint density at radius 3 is 2.68 bits per heavy atom. The normalized spacial score (nSPS) is 11.3. The maximum atomic E-state index is 12.2. The van der Waals surface area contributed by atoms with Crippen molar-refractivity contribution < 1.29 is 14.4 Å². The van der Waals surface area contributed by atoms with E-state index in [1.807, 2.05) is 37.6 Å². The number of carbonyl (C=O) groups is 1. The van der Waals surface area contributed by atoms with Gasteiger partial charge in [-0.3, -0.25) is 4.79 Å². The third-order valence-electron chi connectivity index (χ3n) is 3.61. The average molecular weight is 380 g/mol. The van der Waals surface area contributed by atoms with Gasteiger partial charge < -0.3 is 14.9 Å². The van der Waals surface area contributed by atoms with E-state index in [1.54, 1.807) is 18.8 Å². The minimum absolute atomic E-state index is 0.217. The number of thioether (sulfide) groups is 1. The van der Waals surface area contributed by atoms with Crippen LogP contribution in [0.4, 0.5) is 0 Å². The van der Waals surface area contributed by atoms with Gasteiger partial charge >= 0.3 is 0 Å². The summed E-state index contributed by atoms with van der Waals surface area (Å²) in [7, 11) is 2.98. The van der Waals surface area contributed by atoms with Crippen molar-refractivity contribution in [3.05, 3.63) is 39.8 Å². The molecule has 0 aliphatic rings. The van der Waals surface area contributed by atoms with Crippen LogP contribution in [0.1, 0.15) is 22.3 Å². The highest BCUT2D eigenvalue weighted by atomic mass is 32.2. The van der Waals surface area contributed by atoms with Gasteiger partial charge in [0, 0.05) is 12.6 Å². The number of amides is 1. The lowest BCUT2D eigenvalue weighted by atomic mass is 9.96. The highest BCUT2D eigenvalue weighted by Crippen LogP contribution is 2.25. The molecule has 1 N–H and O–H groups in total. The smallest absolute Gasteiger partial charge is 0.273 e. The summed E-state index contributed by atoms with van der Waals surface area (Å²) >= 11 is 3.11. The van der Waals surface area contributed by atoms with Crippen LogP contribution in [0.25, 0.3) is 0 Å². The van der Waals surface area contributed by atoms with Crippen LogP contribution in [0.5, 0.6) is 5.88 Å². The molecule has 134 valence electrons. The van der Waals surface area contributed by atoms with Crippen LogP contribution in [-0.4, -0.2) is 37.0 Å². The van der Waals surface area contributed by atoms with Crippen LogP contribution in [0.3, 0.4) is 0 Å². The van der Waals surface area contributed by atoms with E-state index in [0.717, 1.165) is 21.0 Å². The fourth-order valence-corrected chi connectivity index (χ4v) is 3.37. The van der Waals surface area contributed by atoms with Gasteiger partial charge in [-0.1, -0.05) is 23.0 Å². The Hall–Kier alpha value is -2.06. The summed E-state index contributed by atoms with van der Waals surface area (Å²) in [6.45, 7) is 4.29. The SMILES string of the molecule is CNC(=O)/C(=N/OC)c1cc(C)c(C)cc1COc1csc(SC)n1. The van der Waals surface area contributed by atoms with Crippen LogP contribution in [0.15, 0.2) is 27.0 Å². The van der Waals surface area contributed by atoms with Crippen molar-refractivity contribution in [3.8, 4) is 5.88 Å². The first-order valence-electron chi connectivity index (χ1n) is 7.56. The zero-order valence-electron chi connectivity index (χ0n) is 14.9. The summed E-state index contributed by atoms with van der Waals surface area (Å²) in [6.07, 6.45) is 1.97. The molecule has 0 bridgehead atoms. The lowest BCUT2D eigenvalue weighted by molar-refractivity contribution is -0.114. The molecule has 0 unspecified atom stereocenters. The Kier molecular flexibility index (Phi) is 6.83. The van der Waals surface area contributed by atoms with E-state index in [0.29, 0.717) is 11.4 Å². The molecule has 2 aromatic rings. The second-order valence-corrected chi connectivity index (χ2v) is 7.15. The number of nitrogens with zero attached hydrogens (tertiary/aromatic N) is 2. The van der Waals surface area contributed by atoms with E-state index >= 15 is 0 Å². The number of carbonyl (C=O) groups excluding carboxylic acids is 1. The van der Waals surface area contributed by atoms with Crippen molar-refractivity contribution in [2.45, 2.75) is 24.8 Å². The van der Waals surface area contributed by atoms with Crippen molar-refractivity contribution in [1.82, 2.24) is 10.3 Å². The molecule has 0 atom stereocenters. The highest BCUT2D eigenvalue weighted by molar-refractivity contribution is 8.00. The Balaban J connectivity index is 2.36. The molecular formula is C17H21N3O3S2. The maximum Gasteiger partial charge on any atom is 0.273 e. The number of thiazole rings is 1. The van der Waals surface area contributed by atoms with Crippen LogP contribution < -0.4 is 10.1 Å². The molecule has 0 radical (unpaired) electrons. The molecule has 0 saturated carbocycles. The molecule has 1 aromatic heterocycles. The summed E-state index contributed by atoms with van der Waals surface area (Å²) in [4.78, 5) is 21.4. The number of likely N-dealkylation sites (N-methyl/N-ethyl adjacent to an activating group) is 1. The number of aromatic nitrogens is 1. The standard InChI is InChI=1S/C17H21N3O3S2/c1-10-6-12(8-23-14-9-25-17(19-14)24-5)13(7-11(10)2)15(20-22-4)16(21)18-3/h6-7,9H,8H2,1-5H3,(H,18,21)/b20-15+. The van der Waals surface area contributed by atoms with Gasteiger partial charge in [0.2, 0.25) is 5.88 Å². The molecule has 1 aromatic carbocycles. The predicted molar refractivity (Wildman–Crippen MR) is 102 cm³/mol. The van der Waals surface area contributed by atoms with Gasteiger partial charge in [-0.15, -0.1) is 11.3 Å². The van der Waals surface area contributed by atoms with Crippen molar-refractivity contribution in [3.63, 3.8) is 0 Å². The largest absolute Gasteiger partial charge is 0.472 e. The molecular weight excluding hydrogens is 358 g/mol. The third kappa shape index (κ3) is 4.73. The lowest BCUT2D eigenvalue weighted by Crippen LogP contribution is -2.29. The summed E-state index contributed by atoms with van der Waals surface area (Å²) in [5.41, 5.74) is 3.92. The number of hydrogen-bond donors (Lipinski definition) is 1. The van der Waals surface area contributed by atoms with Crippen molar-refractivity contribution in [2.75, 3.05) is 20.4 Å². The Morgan fingerprint density at radius 2 is 2.08 bits per heavy atom. The lowest BCUT2D eigenvalue weighted by Gasteiger charge is -2.14. The van der Waals surface area contributed by atoms with Gasteiger partial charge in [0.05, 0.1) is 5.38 Å². The van der Waals surface area contributed by atoms with Gasteiger partial charge in [-0.2, -0.15) is 4.98 Å². The molecule has 0 aliphatic heterocycles. The minimum Gasteiger partial charge on any atom is -0.472 e. The van der Waals surface area contributed by atoms with Gasteiger partial charge in [-0.05, 0) is 42.9 Å². The fourth-order valence-electron chi connectivity index (χ4n) is 2.19. The highest BCUT2D eigenvalue weighted by Gasteiger charge is 2.19. The van der Waals surface area contributed by atoms with Gasteiger partial charge in [0.15, 0.2) is 10.1 Å². The van der Waals surface area contributed by atoms with E-state index in [1.165, 1.54) is 18.4 Å². The van der Waals surface area contributed by atoms with E-state index in [2.05, 4.69) is 15.5 Å².